The number of hydrogen-bond donors (Lipinski definition) is 1. The van der Waals surface area contributed by atoms with Crippen LogP contribution in [0.3, 0.4) is 0 Å². The fourth-order valence-electron chi connectivity index (χ4n) is 2.19. The lowest BCUT2D eigenvalue weighted by molar-refractivity contribution is 0.300. The van der Waals surface area contributed by atoms with Crippen molar-refractivity contribution in [1.29, 1.82) is 0 Å². The molecule has 0 aromatic carbocycles. The van der Waals surface area contributed by atoms with E-state index in [2.05, 4.69) is 31.5 Å². The molecule has 0 aromatic rings. The molecule has 1 aliphatic rings. The van der Waals surface area contributed by atoms with Crippen LogP contribution in [-0.4, -0.2) is 24.3 Å². The van der Waals surface area contributed by atoms with E-state index in [0.29, 0.717) is 6.04 Å². The average Bonchev–Trinajstić information content (AvgIpc) is 2.17. The fourth-order valence-corrected chi connectivity index (χ4v) is 4.85. The molecule has 0 saturated heterocycles. The Morgan fingerprint density at radius 2 is 1.80 bits per heavy atom. The molecular weight excluding hydrogens is 218 g/mol. The Labute approximate surface area is 98.3 Å². The van der Waals surface area contributed by atoms with Crippen molar-refractivity contribution in [2.75, 3.05) is 0 Å². The molecule has 1 atom stereocenters. The van der Waals surface area contributed by atoms with Gasteiger partial charge in [-0.25, -0.2) is 0 Å². The molecule has 0 aromatic heterocycles. The molecule has 15 heavy (non-hydrogen) atoms. The van der Waals surface area contributed by atoms with Gasteiger partial charge >= 0.3 is 0 Å². The molecule has 0 radical (unpaired) electrons. The molecule has 0 aliphatic heterocycles. The largest absolute Gasteiger partial charge is 0.449 e. The van der Waals surface area contributed by atoms with Crippen LogP contribution in [0.25, 0.3) is 0 Å². The zero-order chi connectivity index (χ0) is 11.3. The number of hydrogen-bond acceptors (Lipinski definition) is 2. The molecule has 90 valence electrons. The van der Waals surface area contributed by atoms with E-state index in [1.807, 2.05) is 0 Å². The van der Waals surface area contributed by atoms with Gasteiger partial charge in [0.05, 0.1) is 0 Å². The predicted molar refractivity (Wildman–Crippen MR) is 72.1 cm³/mol. The topological polar surface area (TPSA) is 21.3 Å². The van der Waals surface area contributed by atoms with E-state index < -0.39 is 18.2 Å². The smallest absolute Gasteiger partial charge is 0.224 e. The number of nitrogens with one attached hydrogen (secondary N) is 1. The highest BCUT2D eigenvalue weighted by atomic mass is 28.4. The van der Waals surface area contributed by atoms with Crippen molar-refractivity contribution in [3.63, 3.8) is 0 Å². The Morgan fingerprint density at radius 1 is 1.20 bits per heavy atom. The SMILES string of the molecule is CC(N[SiH2]O[Si](C)(C)C)C1CCCCC1. The Kier molecular flexibility index (Phi) is 5.53. The van der Waals surface area contributed by atoms with Crippen molar-refractivity contribution < 1.29 is 4.12 Å². The first-order valence-corrected chi connectivity index (χ1v) is 11.1. The molecule has 1 saturated carbocycles. The first-order valence-electron chi connectivity index (χ1n) is 6.36. The van der Waals surface area contributed by atoms with Gasteiger partial charge in [0, 0.05) is 6.04 Å². The van der Waals surface area contributed by atoms with Crippen LogP contribution < -0.4 is 4.98 Å². The molecule has 1 rings (SSSR count). The van der Waals surface area contributed by atoms with Crippen molar-refractivity contribution in [3.8, 4) is 0 Å². The molecule has 1 aliphatic carbocycles. The molecule has 1 N–H and O–H groups in total. The van der Waals surface area contributed by atoms with Crippen molar-refractivity contribution in [2.45, 2.75) is 64.7 Å². The Hall–Kier alpha value is 0.354. The summed E-state index contributed by atoms with van der Waals surface area (Å²) < 4.78 is 5.96. The van der Waals surface area contributed by atoms with E-state index in [1.165, 1.54) is 32.1 Å². The maximum atomic E-state index is 5.96. The van der Waals surface area contributed by atoms with Crippen LogP contribution in [0.15, 0.2) is 0 Å². The molecule has 1 unspecified atom stereocenters. The van der Waals surface area contributed by atoms with Gasteiger partial charge in [-0.3, -0.25) is 0 Å². The van der Waals surface area contributed by atoms with Crippen LogP contribution in [-0.2, 0) is 4.12 Å². The van der Waals surface area contributed by atoms with E-state index in [0.717, 1.165) is 5.92 Å². The summed E-state index contributed by atoms with van der Waals surface area (Å²) in [6, 6.07) is 0.688. The summed E-state index contributed by atoms with van der Waals surface area (Å²) in [4.78, 5) is 3.66. The van der Waals surface area contributed by atoms with Gasteiger partial charge in [0.2, 0.25) is 9.92 Å². The average molecular weight is 246 g/mol. The Bertz CT molecular complexity index is 176. The summed E-state index contributed by atoms with van der Waals surface area (Å²) in [5.74, 6) is 0.913. The third-order valence-electron chi connectivity index (χ3n) is 3.27. The zero-order valence-electron chi connectivity index (χ0n) is 10.8. The highest BCUT2D eigenvalue weighted by Crippen LogP contribution is 2.26. The van der Waals surface area contributed by atoms with E-state index in [1.54, 1.807) is 0 Å². The van der Waals surface area contributed by atoms with Crippen LogP contribution in [0.5, 0.6) is 0 Å². The van der Waals surface area contributed by atoms with Gasteiger partial charge in [-0.2, -0.15) is 0 Å². The van der Waals surface area contributed by atoms with Gasteiger partial charge in [-0.1, -0.05) is 26.2 Å². The molecule has 0 bridgehead atoms. The first-order chi connectivity index (χ1) is 6.99. The molecule has 0 amide bonds. The van der Waals surface area contributed by atoms with Crippen LogP contribution >= 0.6 is 0 Å². The third-order valence-corrected chi connectivity index (χ3v) is 8.12. The summed E-state index contributed by atoms with van der Waals surface area (Å²) in [5.41, 5.74) is 0. The molecule has 0 spiro atoms. The van der Waals surface area contributed by atoms with Crippen LogP contribution in [0, 0.1) is 5.92 Å². The lowest BCUT2D eigenvalue weighted by Crippen LogP contribution is -2.42. The summed E-state index contributed by atoms with van der Waals surface area (Å²) in [5, 5.41) is 0. The molecule has 2 nitrogen and oxygen atoms in total. The van der Waals surface area contributed by atoms with Crippen molar-refractivity contribution in [2.24, 2.45) is 5.92 Å². The molecule has 4 heteroatoms. The van der Waals surface area contributed by atoms with Crippen molar-refractivity contribution in [3.05, 3.63) is 0 Å². The van der Waals surface area contributed by atoms with Gasteiger partial charge in [-0.05, 0) is 38.4 Å². The van der Waals surface area contributed by atoms with E-state index >= 15 is 0 Å². The van der Waals surface area contributed by atoms with Gasteiger partial charge < -0.3 is 9.10 Å². The predicted octanol–water partition coefficient (Wildman–Crippen LogP) is 2.40. The Balaban J connectivity index is 2.14. The fraction of sp³-hybridized carbons (Fsp3) is 1.00. The summed E-state index contributed by atoms with van der Waals surface area (Å²) >= 11 is 0. The second-order valence-electron chi connectivity index (χ2n) is 5.79. The second-order valence-corrected chi connectivity index (χ2v) is 11.9. The Morgan fingerprint density at radius 3 is 2.33 bits per heavy atom. The quantitative estimate of drug-likeness (QED) is 0.751. The van der Waals surface area contributed by atoms with E-state index in [-0.39, 0.29) is 0 Å². The highest BCUT2D eigenvalue weighted by molar-refractivity contribution is 6.73. The van der Waals surface area contributed by atoms with Gasteiger partial charge in [-0.15, -0.1) is 0 Å². The van der Waals surface area contributed by atoms with Crippen molar-refractivity contribution in [1.82, 2.24) is 4.98 Å². The maximum Gasteiger partial charge on any atom is 0.224 e. The third kappa shape index (κ3) is 5.85. The monoisotopic (exact) mass is 245 g/mol. The lowest BCUT2D eigenvalue weighted by Gasteiger charge is -2.29. The summed E-state index contributed by atoms with van der Waals surface area (Å²) in [7, 11) is -1.75. The number of rotatable bonds is 5. The minimum Gasteiger partial charge on any atom is -0.449 e. The van der Waals surface area contributed by atoms with Crippen LogP contribution in [0.2, 0.25) is 19.6 Å². The summed E-state index contributed by atoms with van der Waals surface area (Å²) in [6.07, 6.45) is 7.18. The zero-order valence-corrected chi connectivity index (χ0v) is 13.2. The molecular formula is C11H27NOSi2. The van der Waals surface area contributed by atoms with Crippen LogP contribution in [0.4, 0.5) is 0 Å². The maximum absolute atomic E-state index is 5.96. The standard InChI is InChI=1S/C11H27NOSi2/c1-10(11-8-6-5-7-9-11)12-14-13-15(2,3)4/h10-12H,5-9,14H2,1-4H3. The van der Waals surface area contributed by atoms with E-state index in [9.17, 15) is 0 Å². The van der Waals surface area contributed by atoms with Gasteiger partial charge in [0.1, 0.15) is 0 Å². The summed E-state index contributed by atoms with van der Waals surface area (Å²) in [6.45, 7) is 9.16. The van der Waals surface area contributed by atoms with E-state index in [4.69, 9.17) is 4.12 Å². The second kappa shape index (κ2) is 6.18. The van der Waals surface area contributed by atoms with Crippen LogP contribution in [0.1, 0.15) is 39.0 Å². The molecule has 0 heterocycles. The highest BCUT2D eigenvalue weighted by Gasteiger charge is 2.20. The lowest BCUT2D eigenvalue weighted by atomic mass is 9.85. The van der Waals surface area contributed by atoms with Crippen molar-refractivity contribution >= 4 is 18.2 Å². The molecule has 1 fully saturated rings. The minimum absolute atomic E-state index is 0.474. The normalized spacial score (nSPS) is 22.4. The first kappa shape index (κ1) is 13.4. The minimum atomic E-state index is -1.27. The van der Waals surface area contributed by atoms with Gasteiger partial charge in [0.15, 0.2) is 8.32 Å². The van der Waals surface area contributed by atoms with Gasteiger partial charge in [0.25, 0.3) is 0 Å².